The Morgan fingerprint density at radius 3 is 2.44 bits per heavy atom. The number of carbonyl (C=O) groups excluding carboxylic acids is 1. The number of nitrogens with two attached hydrogens (primary N) is 1. The highest BCUT2D eigenvalue weighted by molar-refractivity contribution is 5.78. The number of nitrogen functional groups attached to an aromatic ring is 1. The van der Waals surface area contributed by atoms with Crippen LogP contribution in [0.2, 0.25) is 0 Å². The maximum Gasteiger partial charge on any atom is 0.224 e. The Morgan fingerprint density at radius 1 is 1.00 bits per heavy atom. The second kappa shape index (κ2) is 7.51. The fraction of sp³-hybridized carbons (Fsp3) is 0.409. The number of ether oxygens (including phenoxy) is 2. The number of anilines is 1. The van der Waals surface area contributed by atoms with Crippen molar-refractivity contribution in [2.45, 2.75) is 37.5 Å². The summed E-state index contributed by atoms with van der Waals surface area (Å²) in [6, 6.07) is 13.7. The number of fused-ring (bicyclic) bond motifs is 1. The predicted molar refractivity (Wildman–Crippen MR) is 105 cm³/mol. The zero-order chi connectivity index (χ0) is 18.7. The Kier molecular flexibility index (Phi) is 4.92. The van der Waals surface area contributed by atoms with Gasteiger partial charge in [-0.25, -0.2) is 0 Å². The van der Waals surface area contributed by atoms with Gasteiger partial charge in [-0.05, 0) is 48.2 Å². The number of hydrogen-bond donors (Lipinski definition) is 2. The molecule has 1 aliphatic carbocycles. The summed E-state index contributed by atoms with van der Waals surface area (Å²) in [5.41, 5.74) is 8.61. The fourth-order valence-electron chi connectivity index (χ4n) is 4.14. The lowest BCUT2D eigenvalue weighted by molar-refractivity contribution is -0.120. The maximum absolute atomic E-state index is 12.5. The number of benzene rings is 2. The zero-order valence-corrected chi connectivity index (χ0v) is 15.5. The van der Waals surface area contributed by atoms with Gasteiger partial charge in [-0.3, -0.25) is 4.79 Å². The second-order valence-corrected chi connectivity index (χ2v) is 7.54. The third-order valence-corrected chi connectivity index (χ3v) is 5.68. The van der Waals surface area contributed by atoms with Crippen molar-refractivity contribution >= 4 is 11.6 Å². The first-order valence-corrected chi connectivity index (χ1v) is 9.66. The summed E-state index contributed by atoms with van der Waals surface area (Å²) < 4.78 is 11.4. The predicted octanol–water partition coefficient (Wildman–Crippen LogP) is 3.21. The SMILES string of the molecule is Nc1ccc(CC(=O)NCC2(c3ccc4c(c3)OCCO4)CCCC2)cc1. The first-order valence-electron chi connectivity index (χ1n) is 9.66. The minimum Gasteiger partial charge on any atom is -0.486 e. The van der Waals surface area contributed by atoms with Crippen molar-refractivity contribution in [2.24, 2.45) is 0 Å². The van der Waals surface area contributed by atoms with Crippen LogP contribution in [-0.2, 0) is 16.6 Å². The number of nitrogens with one attached hydrogen (secondary N) is 1. The molecule has 0 bridgehead atoms. The normalized spacial score (nSPS) is 17.5. The molecule has 1 fully saturated rings. The maximum atomic E-state index is 12.5. The number of hydrogen-bond acceptors (Lipinski definition) is 4. The first kappa shape index (κ1) is 17.7. The van der Waals surface area contributed by atoms with E-state index in [9.17, 15) is 4.79 Å². The van der Waals surface area contributed by atoms with Crippen LogP contribution >= 0.6 is 0 Å². The average molecular weight is 366 g/mol. The number of rotatable bonds is 5. The van der Waals surface area contributed by atoms with E-state index in [0.717, 1.165) is 29.9 Å². The summed E-state index contributed by atoms with van der Waals surface area (Å²) in [5.74, 6) is 1.67. The summed E-state index contributed by atoms with van der Waals surface area (Å²) in [7, 11) is 0. The molecular weight excluding hydrogens is 340 g/mol. The molecular formula is C22H26N2O3. The molecule has 1 heterocycles. The van der Waals surface area contributed by atoms with E-state index < -0.39 is 0 Å². The molecule has 0 unspecified atom stereocenters. The standard InChI is InChI=1S/C22H26N2O3/c23-18-6-3-16(4-7-18)13-21(25)24-15-22(9-1-2-10-22)17-5-8-19-20(14-17)27-12-11-26-19/h3-8,14H,1-2,9-13,15,23H2,(H,24,25). The van der Waals surface area contributed by atoms with Crippen LogP contribution in [0.1, 0.15) is 36.8 Å². The van der Waals surface area contributed by atoms with Gasteiger partial charge in [0.1, 0.15) is 13.2 Å². The molecule has 2 aromatic rings. The third-order valence-electron chi connectivity index (χ3n) is 5.68. The molecule has 2 aliphatic rings. The molecule has 4 rings (SSSR count). The van der Waals surface area contributed by atoms with Crippen molar-refractivity contribution in [1.82, 2.24) is 5.32 Å². The lowest BCUT2D eigenvalue weighted by Gasteiger charge is -2.31. The average Bonchev–Trinajstić information content (AvgIpc) is 3.18. The molecule has 5 heteroatoms. The van der Waals surface area contributed by atoms with Gasteiger partial charge in [-0.1, -0.05) is 31.0 Å². The number of amides is 1. The van der Waals surface area contributed by atoms with Crippen LogP contribution in [0.15, 0.2) is 42.5 Å². The van der Waals surface area contributed by atoms with Crippen LogP contribution in [0.5, 0.6) is 11.5 Å². The molecule has 1 aliphatic heterocycles. The van der Waals surface area contributed by atoms with Gasteiger partial charge in [0.2, 0.25) is 5.91 Å². The van der Waals surface area contributed by atoms with Gasteiger partial charge >= 0.3 is 0 Å². The van der Waals surface area contributed by atoms with Crippen LogP contribution in [-0.4, -0.2) is 25.7 Å². The molecule has 1 saturated carbocycles. The van der Waals surface area contributed by atoms with E-state index in [0.29, 0.717) is 31.9 Å². The summed E-state index contributed by atoms with van der Waals surface area (Å²) in [6.07, 6.45) is 4.89. The van der Waals surface area contributed by atoms with E-state index in [1.165, 1.54) is 18.4 Å². The van der Waals surface area contributed by atoms with Crippen molar-refractivity contribution in [1.29, 1.82) is 0 Å². The minimum atomic E-state index is -0.0212. The quantitative estimate of drug-likeness (QED) is 0.797. The van der Waals surface area contributed by atoms with Crippen LogP contribution in [0.25, 0.3) is 0 Å². The van der Waals surface area contributed by atoms with E-state index in [1.54, 1.807) is 0 Å². The van der Waals surface area contributed by atoms with Crippen molar-refractivity contribution in [3.8, 4) is 11.5 Å². The molecule has 0 radical (unpaired) electrons. The van der Waals surface area contributed by atoms with Crippen LogP contribution in [0, 0.1) is 0 Å². The lowest BCUT2D eigenvalue weighted by atomic mass is 9.78. The highest BCUT2D eigenvalue weighted by Crippen LogP contribution is 2.43. The minimum absolute atomic E-state index is 0.0212. The summed E-state index contributed by atoms with van der Waals surface area (Å²) in [6.45, 7) is 1.83. The highest BCUT2D eigenvalue weighted by atomic mass is 16.6. The van der Waals surface area contributed by atoms with Crippen molar-refractivity contribution in [2.75, 3.05) is 25.5 Å². The smallest absolute Gasteiger partial charge is 0.224 e. The highest BCUT2D eigenvalue weighted by Gasteiger charge is 2.36. The van der Waals surface area contributed by atoms with Gasteiger partial charge in [0.05, 0.1) is 6.42 Å². The van der Waals surface area contributed by atoms with E-state index in [2.05, 4.69) is 17.4 Å². The van der Waals surface area contributed by atoms with Gasteiger partial charge in [-0.2, -0.15) is 0 Å². The molecule has 0 atom stereocenters. The third kappa shape index (κ3) is 3.87. The fourth-order valence-corrected chi connectivity index (χ4v) is 4.14. The molecule has 1 amide bonds. The molecule has 0 spiro atoms. The summed E-state index contributed by atoms with van der Waals surface area (Å²) >= 11 is 0. The van der Waals surface area contributed by atoms with Crippen LogP contribution in [0.3, 0.4) is 0 Å². The van der Waals surface area contributed by atoms with Crippen LogP contribution < -0.4 is 20.5 Å². The Hall–Kier alpha value is -2.69. The van der Waals surface area contributed by atoms with E-state index in [4.69, 9.17) is 15.2 Å². The van der Waals surface area contributed by atoms with E-state index >= 15 is 0 Å². The van der Waals surface area contributed by atoms with Crippen molar-refractivity contribution < 1.29 is 14.3 Å². The largest absolute Gasteiger partial charge is 0.486 e. The molecule has 142 valence electrons. The molecule has 0 saturated heterocycles. The van der Waals surface area contributed by atoms with Crippen molar-refractivity contribution in [3.05, 3.63) is 53.6 Å². The molecule has 27 heavy (non-hydrogen) atoms. The van der Waals surface area contributed by atoms with Gasteiger partial charge in [0.15, 0.2) is 11.5 Å². The zero-order valence-electron chi connectivity index (χ0n) is 15.5. The van der Waals surface area contributed by atoms with Gasteiger partial charge in [-0.15, -0.1) is 0 Å². The molecule has 5 nitrogen and oxygen atoms in total. The second-order valence-electron chi connectivity index (χ2n) is 7.54. The number of carbonyl (C=O) groups is 1. The Balaban J connectivity index is 1.46. The Bertz CT molecular complexity index is 811. The topological polar surface area (TPSA) is 73.6 Å². The van der Waals surface area contributed by atoms with Crippen LogP contribution in [0.4, 0.5) is 5.69 Å². The van der Waals surface area contributed by atoms with Crippen molar-refractivity contribution in [3.63, 3.8) is 0 Å². The first-order chi connectivity index (χ1) is 13.1. The summed E-state index contributed by atoms with van der Waals surface area (Å²) in [5, 5.41) is 3.16. The van der Waals surface area contributed by atoms with Gasteiger partial charge < -0.3 is 20.5 Å². The van der Waals surface area contributed by atoms with Gasteiger partial charge in [0.25, 0.3) is 0 Å². The Morgan fingerprint density at radius 2 is 1.70 bits per heavy atom. The Labute approximate surface area is 159 Å². The summed E-state index contributed by atoms with van der Waals surface area (Å²) in [4.78, 5) is 12.5. The monoisotopic (exact) mass is 366 g/mol. The molecule has 2 aromatic carbocycles. The molecule has 3 N–H and O–H groups in total. The lowest BCUT2D eigenvalue weighted by Crippen LogP contribution is -2.39. The van der Waals surface area contributed by atoms with E-state index in [1.807, 2.05) is 30.3 Å². The van der Waals surface area contributed by atoms with E-state index in [-0.39, 0.29) is 11.3 Å². The molecule has 0 aromatic heterocycles. The van der Waals surface area contributed by atoms with Gasteiger partial charge in [0, 0.05) is 17.6 Å².